The fourth-order valence-electron chi connectivity index (χ4n) is 6.13. The van der Waals surface area contributed by atoms with Gasteiger partial charge in [-0.05, 0) is 38.5 Å². The highest BCUT2D eigenvalue weighted by Gasteiger charge is 2.22. The zero-order chi connectivity index (χ0) is 36.8. The molecule has 0 rings (SSSR count). The summed E-state index contributed by atoms with van der Waals surface area (Å²) in [5.41, 5.74) is 0. The second-order valence-electron chi connectivity index (χ2n) is 14.3. The molecule has 0 saturated carbocycles. The number of unbranched alkanes of at least 4 members (excludes halogenated alkanes) is 27. The second-order valence-corrected chi connectivity index (χ2v) is 15.6. The van der Waals surface area contributed by atoms with Gasteiger partial charge in [0.2, 0.25) is 0 Å². The van der Waals surface area contributed by atoms with Gasteiger partial charge in [0.05, 0.1) is 6.61 Å². The van der Waals surface area contributed by atoms with Crippen LogP contribution in [0, 0.1) is 0 Å². The molecule has 9 heteroatoms. The van der Waals surface area contributed by atoms with Crippen molar-refractivity contribution in [3.05, 3.63) is 12.2 Å². The number of carbonyl (C=O) groups is 2. The highest BCUT2D eigenvalue weighted by molar-refractivity contribution is 7.46. The lowest BCUT2D eigenvalue weighted by Gasteiger charge is -2.18. The molecule has 0 aromatic carbocycles. The van der Waals surface area contributed by atoms with E-state index in [4.69, 9.17) is 19.3 Å². The number of hydrogen-bond acceptors (Lipinski definition) is 6. The molecule has 0 aliphatic carbocycles. The molecule has 2 N–H and O–H groups in total. The number of ether oxygens (including phenoxy) is 2. The molecule has 0 spiro atoms. The van der Waals surface area contributed by atoms with E-state index in [-0.39, 0.29) is 19.4 Å². The summed E-state index contributed by atoms with van der Waals surface area (Å²) in [4.78, 5) is 42.8. The third-order valence-corrected chi connectivity index (χ3v) is 9.77. The number of phosphoric acid groups is 1. The SMILES string of the molecule is CCCCCC/C=C/CCCCCCCC(=O)O[C@H](COC(=O)CCCCCCCCCCCCCCCCCCCCC)COP(=O)(O)O. The molecule has 0 amide bonds. The Morgan fingerprint density at radius 2 is 0.840 bits per heavy atom. The Hall–Kier alpha value is -1.21. The summed E-state index contributed by atoms with van der Waals surface area (Å²) >= 11 is 0. The number of allylic oxidation sites excluding steroid dienone is 2. The summed E-state index contributed by atoms with van der Waals surface area (Å²) in [6, 6.07) is 0. The quantitative estimate of drug-likeness (QED) is 0.0278. The van der Waals surface area contributed by atoms with Crippen LogP contribution in [0.15, 0.2) is 12.2 Å². The predicted molar refractivity (Wildman–Crippen MR) is 207 cm³/mol. The Bertz CT molecular complexity index is 827. The molecule has 0 radical (unpaired) electrons. The van der Waals surface area contributed by atoms with Gasteiger partial charge < -0.3 is 19.3 Å². The van der Waals surface area contributed by atoms with Crippen molar-refractivity contribution in [3.8, 4) is 0 Å². The molecule has 0 aliphatic rings. The first-order valence-corrected chi connectivity index (χ1v) is 22.5. The van der Waals surface area contributed by atoms with Gasteiger partial charge in [0.15, 0.2) is 6.10 Å². The van der Waals surface area contributed by atoms with Crippen LogP contribution in [0.4, 0.5) is 0 Å². The summed E-state index contributed by atoms with van der Waals surface area (Å²) in [6.45, 7) is 3.68. The van der Waals surface area contributed by atoms with Crippen LogP contribution in [0.25, 0.3) is 0 Å². The maximum atomic E-state index is 12.4. The van der Waals surface area contributed by atoms with Crippen LogP contribution < -0.4 is 0 Å². The Labute approximate surface area is 307 Å². The maximum absolute atomic E-state index is 12.4. The smallest absolute Gasteiger partial charge is 0.462 e. The van der Waals surface area contributed by atoms with Crippen molar-refractivity contribution in [1.29, 1.82) is 0 Å². The molecule has 296 valence electrons. The van der Waals surface area contributed by atoms with Crippen LogP contribution in [-0.2, 0) is 28.2 Å². The van der Waals surface area contributed by atoms with Crippen molar-refractivity contribution in [2.24, 2.45) is 0 Å². The van der Waals surface area contributed by atoms with Crippen LogP contribution in [0.2, 0.25) is 0 Å². The van der Waals surface area contributed by atoms with E-state index in [9.17, 15) is 14.2 Å². The lowest BCUT2D eigenvalue weighted by molar-refractivity contribution is -0.161. The van der Waals surface area contributed by atoms with Gasteiger partial charge in [0, 0.05) is 12.8 Å². The van der Waals surface area contributed by atoms with Gasteiger partial charge in [-0.15, -0.1) is 0 Å². The first kappa shape index (κ1) is 48.8. The number of hydrogen-bond donors (Lipinski definition) is 2. The van der Waals surface area contributed by atoms with Crippen molar-refractivity contribution < 1.29 is 37.9 Å². The zero-order valence-corrected chi connectivity index (χ0v) is 33.5. The average molecular weight is 731 g/mol. The number of esters is 2. The molecule has 0 aliphatic heterocycles. The van der Waals surface area contributed by atoms with E-state index in [0.717, 1.165) is 51.4 Å². The van der Waals surface area contributed by atoms with Gasteiger partial charge in [-0.25, -0.2) is 4.57 Å². The van der Waals surface area contributed by atoms with Crippen molar-refractivity contribution in [2.45, 2.75) is 225 Å². The molecule has 0 bridgehead atoms. The Morgan fingerprint density at radius 3 is 1.24 bits per heavy atom. The van der Waals surface area contributed by atoms with Crippen LogP contribution in [0.3, 0.4) is 0 Å². The highest BCUT2D eigenvalue weighted by Crippen LogP contribution is 2.36. The Morgan fingerprint density at radius 1 is 0.500 bits per heavy atom. The summed E-state index contributed by atoms with van der Waals surface area (Å²) in [7, 11) is -4.75. The van der Waals surface area contributed by atoms with E-state index in [1.165, 1.54) is 135 Å². The van der Waals surface area contributed by atoms with Crippen molar-refractivity contribution >= 4 is 19.8 Å². The van der Waals surface area contributed by atoms with E-state index in [1.807, 2.05) is 0 Å². The first-order chi connectivity index (χ1) is 24.3. The van der Waals surface area contributed by atoms with Crippen LogP contribution >= 0.6 is 7.82 Å². The zero-order valence-electron chi connectivity index (χ0n) is 32.6. The van der Waals surface area contributed by atoms with Crippen LogP contribution in [-0.4, -0.2) is 41.0 Å². The molecule has 0 saturated heterocycles. The molecule has 0 aromatic rings. The molecule has 0 heterocycles. The molecule has 0 unspecified atom stereocenters. The number of phosphoric ester groups is 1. The lowest BCUT2D eigenvalue weighted by Crippen LogP contribution is -2.29. The normalized spacial score (nSPS) is 12.5. The monoisotopic (exact) mass is 731 g/mol. The van der Waals surface area contributed by atoms with Gasteiger partial charge in [0.25, 0.3) is 0 Å². The second kappa shape index (κ2) is 37.5. The minimum absolute atomic E-state index is 0.206. The van der Waals surface area contributed by atoms with Crippen LogP contribution in [0.5, 0.6) is 0 Å². The van der Waals surface area contributed by atoms with Gasteiger partial charge >= 0.3 is 19.8 Å². The minimum Gasteiger partial charge on any atom is -0.462 e. The van der Waals surface area contributed by atoms with Gasteiger partial charge in [0.1, 0.15) is 6.61 Å². The highest BCUT2D eigenvalue weighted by atomic mass is 31.2. The van der Waals surface area contributed by atoms with E-state index in [1.54, 1.807) is 0 Å². The van der Waals surface area contributed by atoms with Gasteiger partial charge in [-0.1, -0.05) is 180 Å². The fourth-order valence-corrected chi connectivity index (χ4v) is 6.49. The van der Waals surface area contributed by atoms with E-state index in [0.29, 0.717) is 6.42 Å². The van der Waals surface area contributed by atoms with Gasteiger partial charge in [-0.2, -0.15) is 0 Å². The van der Waals surface area contributed by atoms with Crippen molar-refractivity contribution in [2.75, 3.05) is 13.2 Å². The Balaban J connectivity index is 3.85. The number of rotatable bonds is 39. The molecular weight excluding hydrogens is 651 g/mol. The Kier molecular flexibility index (Phi) is 36.6. The molecule has 1 atom stereocenters. The predicted octanol–water partition coefficient (Wildman–Crippen LogP) is 12.6. The average Bonchev–Trinajstić information content (AvgIpc) is 3.08. The largest absolute Gasteiger partial charge is 0.469 e. The molecule has 0 fully saturated rings. The van der Waals surface area contributed by atoms with Crippen LogP contribution in [0.1, 0.15) is 219 Å². The topological polar surface area (TPSA) is 119 Å². The molecule has 0 aromatic heterocycles. The summed E-state index contributed by atoms with van der Waals surface area (Å²) in [5, 5.41) is 0. The molecular formula is C41H79O8P. The van der Waals surface area contributed by atoms with Crippen molar-refractivity contribution in [3.63, 3.8) is 0 Å². The fraction of sp³-hybridized carbons (Fsp3) is 0.902. The first-order valence-electron chi connectivity index (χ1n) is 21.0. The standard InChI is InChI=1S/C41H79O8P/c1-3-5-7-9-11-13-15-17-18-19-20-21-22-24-25-27-29-31-33-35-40(42)47-37-39(38-48-50(44,45)46)49-41(43)36-34-32-30-28-26-23-16-14-12-10-8-6-4-2/h14,16,39H,3-13,15,17-38H2,1-2H3,(H2,44,45,46)/b16-14+/t39-/m1/s1. The molecule has 50 heavy (non-hydrogen) atoms. The lowest BCUT2D eigenvalue weighted by atomic mass is 10.0. The van der Waals surface area contributed by atoms with E-state index >= 15 is 0 Å². The third-order valence-electron chi connectivity index (χ3n) is 9.28. The maximum Gasteiger partial charge on any atom is 0.469 e. The third kappa shape index (κ3) is 39.6. The van der Waals surface area contributed by atoms with Gasteiger partial charge in [-0.3, -0.25) is 14.1 Å². The van der Waals surface area contributed by atoms with E-state index < -0.39 is 32.5 Å². The van der Waals surface area contributed by atoms with Crippen molar-refractivity contribution in [1.82, 2.24) is 0 Å². The summed E-state index contributed by atoms with van der Waals surface area (Å²) < 4.78 is 26.4. The summed E-state index contributed by atoms with van der Waals surface area (Å²) in [6.07, 6.45) is 40.8. The number of carbonyl (C=O) groups excluding carboxylic acids is 2. The molecule has 8 nitrogen and oxygen atoms in total. The van der Waals surface area contributed by atoms with E-state index in [2.05, 4.69) is 30.5 Å². The summed E-state index contributed by atoms with van der Waals surface area (Å²) in [5.74, 6) is -0.884. The minimum atomic E-state index is -4.75.